The van der Waals surface area contributed by atoms with Crippen molar-refractivity contribution < 1.29 is 14.3 Å². The average Bonchev–Trinajstić information content (AvgIpc) is 2.93. The molecule has 1 amide bonds. The average molecular weight is 322 g/mol. The Balaban J connectivity index is 2.04. The number of hydrogen-bond donors (Lipinski definition) is 1. The number of nitrogens with zero attached hydrogens (tertiary/aromatic N) is 2. The maximum absolute atomic E-state index is 13.0. The van der Waals surface area contributed by atoms with E-state index in [4.69, 9.17) is 0 Å². The van der Waals surface area contributed by atoms with Crippen LogP contribution in [-0.2, 0) is 11.3 Å². The van der Waals surface area contributed by atoms with E-state index in [1.165, 1.54) is 12.1 Å². The number of amides is 1. The molecule has 1 fully saturated rings. The summed E-state index contributed by atoms with van der Waals surface area (Å²) in [6.07, 6.45) is 1.82. The van der Waals surface area contributed by atoms with E-state index in [0.717, 1.165) is 24.9 Å². The molecule has 128 valence electrons. The highest BCUT2D eigenvalue weighted by Gasteiger charge is 2.34. The SMILES string of the molecule is CCN(CC(C)(C)O)C(=O)C1CCCN1Cc1ccc(F)cc1. The van der Waals surface area contributed by atoms with Crippen molar-refractivity contribution in [2.75, 3.05) is 19.6 Å². The minimum Gasteiger partial charge on any atom is -0.389 e. The van der Waals surface area contributed by atoms with Crippen molar-refractivity contribution in [3.8, 4) is 0 Å². The maximum Gasteiger partial charge on any atom is 0.240 e. The number of rotatable bonds is 6. The monoisotopic (exact) mass is 322 g/mol. The fourth-order valence-electron chi connectivity index (χ4n) is 3.14. The van der Waals surface area contributed by atoms with E-state index in [-0.39, 0.29) is 17.8 Å². The first kappa shape index (κ1) is 17.9. The first-order chi connectivity index (χ1) is 10.8. The molecule has 1 heterocycles. The summed E-state index contributed by atoms with van der Waals surface area (Å²) < 4.78 is 13.0. The third kappa shape index (κ3) is 5.01. The van der Waals surface area contributed by atoms with Crippen LogP contribution in [0, 0.1) is 5.82 Å². The molecule has 1 atom stereocenters. The minimum absolute atomic E-state index is 0.0780. The van der Waals surface area contributed by atoms with Crippen LogP contribution in [-0.4, -0.2) is 52.1 Å². The van der Waals surface area contributed by atoms with Crippen LogP contribution in [0.25, 0.3) is 0 Å². The van der Waals surface area contributed by atoms with Crippen LogP contribution in [0.2, 0.25) is 0 Å². The molecule has 5 heteroatoms. The second-order valence-electron chi connectivity index (χ2n) is 6.92. The number of hydrogen-bond acceptors (Lipinski definition) is 3. The molecule has 1 aliphatic heterocycles. The van der Waals surface area contributed by atoms with E-state index in [2.05, 4.69) is 4.90 Å². The number of carbonyl (C=O) groups is 1. The molecule has 1 aromatic rings. The van der Waals surface area contributed by atoms with E-state index in [9.17, 15) is 14.3 Å². The van der Waals surface area contributed by atoms with Gasteiger partial charge in [-0.2, -0.15) is 0 Å². The molecule has 1 aliphatic rings. The lowest BCUT2D eigenvalue weighted by Crippen LogP contribution is -2.49. The fraction of sp³-hybridized carbons (Fsp3) is 0.611. The Bertz CT molecular complexity index is 525. The third-order valence-corrected chi connectivity index (χ3v) is 4.22. The van der Waals surface area contributed by atoms with Crippen molar-refractivity contribution in [1.82, 2.24) is 9.80 Å². The van der Waals surface area contributed by atoms with Gasteiger partial charge in [-0.15, -0.1) is 0 Å². The van der Waals surface area contributed by atoms with E-state index in [1.807, 2.05) is 6.92 Å². The molecule has 1 saturated heterocycles. The predicted molar refractivity (Wildman–Crippen MR) is 88.4 cm³/mol. The topological polar surface area (TPSA) is 43.8 Å². The summed E-state index contributed by atoms with van der Waals surface area (Å²) in [7, 11) is 0. The number of likely N-dealkylation sites (tertiary alicyclic amines) is 1. The van der Waals surface area contributed by atoms with Crippen LogP contribution in [0.3, 0.4) is 0 Å². The van der Waals surface area contributed by atoms with Gasteiger partial charge in [0, 0.05) is 19.6 Å². The number of aliphatic hydroxyl groups is 1. The van der Waals surface area contributed by atoms with Crippen LogP contribution in [0.5, 0.6) is 0 Å². The molecular formula is C18H27FN2O2. The molecule has 0 bridgehead atoms. The van der Waals surface area contributed by atoms with Gasteiger partial charge in [0.1, 0.15) is 5.82 Å². The Morgan fingerprint density at radius 1 is 1.39 bits per heavy atom. The summed E-state index contributed by atoms with van der Waals surface area (Å²) in [5, 5.41) is 9.99. The van der Waals surface area contributed by atoms with Gasteiger partial charge in [0.15, 0.2) is 0 Å². The molecular weight excluding hydrogens is 295 g/mol. The van der Waals surface area contributed by atoms with E-state index >= 15 is 0 Å². The smallest absolute Gasteiger partial charge is 0.240 e. The van der Waals surface area contributed by atoms with Gasteiger partial charge in [-0.1, -0.05) is 12.1 Å². The Morgan fingerprint density at radius 3 is 2.61 bits per heavy atom. The van der Waals surface area contributed by atoms with Crippen molar-refractivity contribution in [2.24, 2.45) is 0 Å². The Labute approximate surface area is 137 Å². The summed E-state index contributed by atoms with van der Waals surface area (Å²) in [6, 6.07) is 6.29. The van der Waals surface area contributed by atoms with Crippen molar-refractivity contribution in [1.29, 1.82) is 0 Å². The first-order valence-corrected chi connectivity index (χ1v) is 8.30. The van der Waals surface area contributed by atoms with Crippen molar-refractivity contribution in [3.63, 3.8) is 0 Å². The van der Waals surface area contributed by atoms with E-state index in [0.29, 0.717) is 19.6 Å². The van der Waals surface area contributed by atoms with Crippen LogP contribution >= 0.6 is 0 Å². The quantitative estimate of drug-likeness (QED) is 0.875. The number of halogens is 1. The zero-order valence-electron chi connectivity index (χ0n) is 14.3. The molecule has 0 aliphatic carbocycles. The highest BCUT2D eigenvalue weighted by atomic mass is 19.1. The molecule has 2 rings (SSSR count). The maximum atomic E-state index is 13.0. The zero-order chi connectivity index (χ0) is 17.0. The molecule has 4 nitrogen and oxygen atoms in total. The van der Waals surface area contributed by atoms with Crippen LogP contribution in [0.1, 0.15) is 39.2 Å². The molecule has 0 aromatic heterocycles. The number of likely N-dealkylation sites (N-methyl/N-ethyl adjacent to an activating group) is 1. The molecule has 0 saturated carbocycles. The molecule has 1 N–H and O–H groups in total. The lowest BCUT2D eigenvalue weighted by molar-refractivity contribution is -0.138. The number of benzene rings is 1. The summed E-state index contributed by atoms with van der Waals surface area (Å²) in [5.41, 5.74) is 0.114. The third-order valence-electron chi connectivity index (χ3n) is 4.22. The summed E-state index contributed by atoms with van der Waals surface area (Å²) in [6.45, 7) is 7.81. The van der Waals surface area contributed by atoms with Gasteiger partial charge in [0.05, 0.1) is 11.6 Å². The molecule has 1 unspecified atom stereocenters. The first-order valence-electron chi connectivity index (χ1n) is 8.30. The van der Waals surface area contributed by atoms with Gasteiger partial charge in [0.25, 0.3) is 0 Å². The highest BCUT2D eigenvalue weighted by Crippen LogP contribution is 2.22. The highest BCUT2D eigenvalue weighted by molar-refractivity contribution is 5.82. The Hall–Kier alpha value is -1.46. The van der Waals surface area contributed by atoms with Gasteiger partial charge in [0.2, 0.25) is 5.91 Å². The van der Waals surface area contributed by atoms with Crippen molar-refractivity contribution in [3.05, 3.63) is 35.6 Å². The van der Waals surface area contributed by atoms with Gasteiger partial charge in [-0.3, -0.25) is 9.69 Å². The van der Waals surface area contributed by atoms with Crippen molar-refractivity contribution >= 4 is 5.91 Å². The summed E-state index contributed by atoms with van der Waals surface area (Å²) in [4.78, 5) is 16.7. The lowest BCUT2D eigenvalue weighted by atomic mass is 10.1. The zero-order valence-corrected chi connectivity index (χ0v) is 14.3. The predicted octanol–water partition coefficient (Wildman–Crippen LogP) is 2.41. The minimum atomic E-state index is -0.897. The molecule has 23 heavy (non-hydrogen) atoms. The van der Waals surface area contributed by atoms with Crippen LogP contribution in [0.4, 0.5) is 4.39 Å². The Kier molecular flexibility index (Phi) is 5.76. The lowest BCUT2D eigenvalue weighted by Gasteiger charge is -2.33. The van der Waals surface area contributed by atoms with Gasteiger partial charge >= 0.3 is 0 Å². The van der Waals surface area contributed by atoms with E-state index in [1.54, 1.807) is 30.9 Å². The largest absolute Gasteiger partial charge is 0.389 e. The standard InChI is InChI=1S/C18H27FN2O2/c1-4-20(13-18(2,3)23)17(22)16-6-5-11-21(16)12-14-7-9-15(19)10-8-14/h7-10,16,23H,4-6,11-13H2,1-3H3. The molecule has 1 aromatic carbocycles. The number of carbonyl (C=O) groups excluding carboxylic acids is 1. The van der Waals surface area contributed by atoms with Crippen molar-refractivity contribution in [2.45, 2.75) is 51.8 Å². The van der Waals surface area contributed by atoms with Gasteiger partial charge in [-0.05, 0) is 57.9 Å². The Morgan fingerprint density at radius 2 is 2.04 bits per heavy atom. The molecule has 0 radical (unpaired) electrons. The fourth-order valence-corrected chi connectivity index (χ4v) is 3.14. The summed E-state index contributed by atoms with van der Waals surface area (Å²) in [5.74, 6) is -0.167. The second kappa shape index (κ2) is 7.41. The summed E-state index contributed by atoms with van der Waals surface area (Å²) >= 11 is 0. The van der Waals surface area contributed by atoms with E-state index < -0.39 is 5.60 Å². The second-order valence-corrected chi connectivity index (χ2v) is 6.92. The van der Waals surface area contributed by atoms with Gasteiger partial charge < -0.3 is 10.0 Å². The molecule has 0 spiro atoms. The normalized spacial score (nSPS) is 19.1. The van der Waals surface area contributed by atoms with Gasteiger partial charge in [-0.25, -0.2) is 4.39 Å². The van der Waals surface area contributed by atoms with Crippen LogP contribution in [0.15, 0.2) is 24.3 Å². The van der Waals surface area contributed by atoms with Crippen LogP contribution < -0.4 is 0 Å².